The van der Waals surface area contributed by atoms with Gasteiger partial charge in [0.1, 0.15) is 6.04 Å². The van der Waals surface area contributed by atoms with Crippen LogP contribution >= 0.6 is 0 Å². The molecule has 3 nitrogen and oxygen atoms in total. The molecule has 2 rings (SSSR count). The molecule has 0 spiro atoms. The number of esters is 1. The van der Waals surface area contributed by atoms with Crippen LogP contribution in [0.1, 0.15) is 17.0 Å². The van der Waals surface area contributed by atoms with Gasteiger partial charge in [0, 0.05) is 5.92 Å². The Morgan fingerprint density at radius 1 is 1.57 bits per heavy atom. The number of fused-ring (bicyclic) bond motifs is 1. The predicted octanol–water partition coefficient (Wildman–Crippen LogP) is 0.827. The molecule has 1 aliphatic carbocycles. The molecule has 1 aromatic rings. The first kappa shape index (κ1) is 9.21. The monoisotopic (exact) mass is 191 g/mol. The lowest BCUT2D eigenvalue weighted by atomic mass is 9.74. The molecule has 2 atom stereocenters. The van der Waals surface area contributed by atoms with E-state index in [0.29, 0.717) is 0 Å². The van der Waals surface area contributed by atoms with Gasteiger partial charge >= 0.3 is 5.97 Å². The summed E-state index contributed by atoms with van der Waals surface area (Å²) in [6.07, 6.45) is 0.881. The Labute approximate surface area is 82.9 Å². The fourth-order valence-corrected chi connectivity index (χ4v) is 1.92. The smallest absolute Gasteiger partial charge is 0.323 e. The average Bonchev–Trinajstić information content (AvgIpc) is 2.18. The van der Waals surface area contributed by atoms with Crippen molar-refractivity contribution in [2.75, 3.05) is 7.11 Å². The zero-order chi connectivity index (χ0) is 10.1. The maximum atomic E-state index is 11.2. The summed E-state index contributed by atoms with van der Waals surface area (Å²) in [4.78, 5) is 11.2. The Balaban J connectivity index is 2.15. The van der Waals surface area contributed by atoms with Crippen LogP contribution in [0.25, 0.3) is 0 Å². The van der Waals surface area contributed by atoms with E-state index in [2.05, 4.69) is 10.8 Å². The minimum Gasteiger partial charge on any atom is -0.468 e. The van der Waals surface area contributed by atoms with Gasteiger partial charge in [-0.15, -0.1) is 0 Å². The number of carbonyl (C=O) groups excluding carboxylic acids is 1. The lowest BCUT2D eigenvalue weighted by Crippen LogP contribution is -2.42. The third kappa shape index (κ3) is 1.30. The Kier molecular flexibility index (Phi) is 2.25. The highest BCUT2D eigenvalue weighted by molar-refractivity contribution is 5.77. The lowest BCUT2D eigenvalue weighted by molar-refractivity contribution is -0.142. The van der Waals surface area contributed by atoms with Crippen molar-refractivity contribution in [2.45, 2.75) is 18.4 Å². The van der Waals surface area contributed by atoms with Crippen LogP contribution in [0.4, 0.5) is 0 Å². The minimum absolute atomic E-state index is 0.138. The van der Waals surface area contributed by atoms with E-state index in [1.165, 1.54) is 18.2 Å². The first-order valence-electron chi connectivity index (χ1n) is 4.65. The number of nitrogens with two attached hydrogens (primary N) is 1. The Morgan fingerprint density at radius 3 is 2.93 bits per heavy atom. The van der Waals surface area contributed by atoms with Gasteiger partial charge < -0.3 is 10.5 Å². The van der Waals surface area contributed by atoms with Gasteiger partial charge in [0.2, 0.25) is 0 Å². The summed E-state index contributed by atoms with van der Waals surface area (Å²) in [6.45, 7) is 0. The Morgan fingerprint density at radius 2 is 2.29 bits per heavy atom. The van der Waals surface area contributed by atoms with E-state index in [1.807, 2.05) is 18.2 Å². The summed E-state index contributed by atoms with van der Waals surface area (Å²) in [6, 6.07) is 7.53. The molecule has 0 heterocycles. The molecule has 2 unspecified atom stereocenters. The molecule has 0 aromatic heterocycles. The highest BCUT2D eigenvalue weighted by atomic mass is 16.5. The molecule has 0 radical (unpaired) electrons. The first-order chi connectivity index (χ1) is 6.74. The van der Waals surface area contributed by atoms with Crippen LogP contribution < -0.4 is 5.73 Å². The summed E-state index contributed by atoms with van der Waals surface area (Å²) in [5.41, 5.74) is 8.25. The Bertz CT molecular complexity index is 362. The lowest BCUT2D eigenvalue weighted by Gasteiger charge is -2.33. The van der Waals surface area contributed by atoms with Crippen LogP contribution in [-0.4, -0.2) is 19.1 Å². The van der Waals surface area contributed by atoms with Gasteiger partial charge in [-0.25, -0.2) is 0 Å². The zero-order valence-electron chi connectivity index (χ0n) is 8.07. The third-order valence-electron chi connectivity index (χ3n) is 2.80. The molecule has 0 bridgehead atoms. The molecule has 1 aromatic carbocycles. The van der Waals surface area contributed by atoms with Gasteiger partial charge in [-0.3, -0.25) is 4.79 Å². The predicted molar refractivity (Wildman–Crippen MR) is 52.9 cm³/mol. The highest BCUT2D eigenvalue weighted by Crippen LogP contribution is 2.36. The summed E-state index contributed by atoms with van der Waals surface area (Å²) in [5.74, 6) is -0.192. The fourth-order valence-electron chi connectivity index (χ4n) is 1.92. The molecule has 74 valence electrons. The van der Waals surface area contributed by atoms with Crippen LogP contribution in [0.3, 0.4) is 0 Å². The minimum atomic E-state index is -0.519. The fraction of sp³-hybridized carbons (Fsp3) is 0.364. The van der Waals surface area contributed by atoms with Crippen LogP contribution in [0.2, 0.25) is 0 Å². The maximum Gasteiger partial charge on any atom is 0.323 e. The SMILES string of the molecule is COC(=O)C(N)C1Cc2ccccc21. The van der Waals surface area contributed by atoms with Crippen molar-refractivity contribution in [2.24, 2.45) is 5.73 Å². The van der Waals surface area contributed by atoms with E-state index in [0.717, 1.165) is 6.42 Å². The largest absolute Gasteiger partial charge is 0.468 e. The van der Waals surface area contributed by atoms with E-state index in [-0.39, 0.29) is 11.9 Å². The summed E-state index contributed by atoms with van der Waals surface area (Å²) in [7, 11) is 1.37. The first-order valence-corrected chi connectivity index (χ1v) is 4.65. The second-order valence-corrected chi connectivity index (χ2v) is 3.56. The van der Waals surface area contributed by atoms with Gasteiger partial charge in [-0.1, -0.05) is 24.3 Å². The average molecular weight is 191 g/mol. The van der Waals surface area contributed by atoms with Crippen LogP contribution in [-0.2, 0) is 16.0 Å². The van der Waals surface area contributed by atoms with Crippen molar-refractivity contribution < 1.29 is 9.53 Å². The van der Waals surface area contributed by atoms with Crippen LogP contribution in [0, 0.1) is 0 Å². The molecule has 3 heteroatoms. The van der Waals surface area contributed by atoms with Crippen LogP contribution in [0.5, 0.6) is 0 Å². The van der Waals surface area contributed by atoms with Crippen molar-refractivity contribution in [1.29, 1.82) is 0 Å². The quantitative estimate of drug-likeness (QED) is 0.704. The van der Waals surface area contributed by atoms with Crippen LogP contribution in [0.15, 0.2) is 24.3 Å². The molecule has 0 fully saturated rings. The van der Waals surface area contributed by atoms with Gasteiger partial charge in [0.05, 0.1) is 7.11 Å². The molecular weight excluding hydrogens is 178 g/mol. The van der Waals surface area contributed by atoms with Gasteiger partial charge in [-0.2, -0.15) is 0 Å². The van der Waals surface area contributed by atoms with E-state index >= 15 is 0 Å². The molecule has 2 N–H and O–H groups in total. The molecule has 14 heavy (non-hydrogen) atoms. The maximum absolute atomic E-state index is 11.2. The summed E-state index contributed by atoms with van der Waals surface area (Å²) >= 11 is 0. The van der Waals surface area contributed by atoms with E-state index < -0.39 is 6.04 Å². The van der Waals surface area contributed by atoms with Crippen molar-refractivity contribution in [1.82, 2.24) is 0 Å². The summed E-state index contributed by atoms with van der Waals surface area (Å²) < 4.78 is 4.62. The molecule has 0 amide bonds. The topological polar surface area (TPSA) is 52.3 Å². The van der Waals surface area contributed by atoms with E-state index in [1.54, 1.807) is 0 Å². The highest BCUT2D eigenvalue weighted by Gasteiger charge is 2.34. The second-order valence-electron chi connectivity index (χ2n) is 3.56. The van der Waals surface area contributed by atoms with E-state index in [4.69, 9.17) is 5.73 Å². The standard InChI is InChI=1S/C11H13NO2/c1-14-11(13)10(12)9-6-7-4-2-3-5-8(7)9/h2-5,9-10H,6,12H2,1H3. The van der Waals surface area contributed by atoms with Crippen molar-refractivity contribution in [3.63, 3.8) is 0 Å². The van der Waals surface area contributed by atoms with Crippen molar-refractivity contribution in [3.05, 3.63) is 35.4 Å². The number of benzene rings is 1. The second kappa shape index (κ2) is 3.42. The Hall–Kier alpha value is -1.35. The summed E-state index contributed by atoms with van der Waals surface area (Å²) in [5, 5.41) is 0. The number of hydrogen-bond acceptors (Lipinski definition) is 3. The van der Waals surface area contributed by atoms with E-state index in [9.17, 15) is 4.79 Å². The molecular formula is C11H13NO2. The zero-order valence-corrected chi connectivity index (χ0v) is 8.07. The van der Waals surface area contributed by atoms with Gasteiger partial charge in [-0.05, 0) is 17.5 Å². The number of ether oxygens (including phenoxy) is 1. The molecule has 0 aliphatic heterocycles. The number of methoxy groups -OCH3 is 1. The number of rotatable bonds is 2. The molecule has 0 saturated heterocycles. The number of carbonyl (C=O) groups is 1. The van der Waals surface area contributed by atoms with Gasteiger partial charge in [0.25, 0.3) is 0 Å². The van der Waals surface area contributed by atoms with Crippen molar-refractivity contribution in [3.8, 4) is 0 Å². The normalized spacial score (nSPS) is 20.6. The number of hydrogen-bond donors (Lipinski definition) is 1. The van der Waals surface area contributed by atoms with Gasteiger partial charge in [0.15, 0.2) is 0 Å². The molecule has 1 aliphatic rings. The molecule has 0 saturated carbocycles. The van der Waals surface area contributed by atoms with Crippen molar-refractivity contribution >= 4 is 5.97 Å². The third-order valence-corrected chi connectivity index (χ3v) is 2.80.